The number of allylic oxidation sites excluding steroid dienone is 1. The summed E-state index contributed by atoms with van der Waals surface area (Å²) in [5, 5.41) is 5.26. The zero-order valence-electron chi connectivity index (χ0n) is 20.8. The van der Waals surface area contributed by atoms with Crippen LogP contribution in [0.25, 0.3) is 28.5 Å². The average Bonchev–Trinajstić information content (AvgIpc) is 3.31. The molecular weight excluding hydrogens is 444 g/mol. The summed E-state index contributed by atoms with van der Waals surface area (Å²) < 4.78 is 6.44. The quantitative estimate of drug-likeness (QED) is 0.416. The summed E-state index contributed by atoms with van der Waals surface area (Å²) in [4.78, 5) is 42.0. The third kappa shape index (κ3) is 3.80. The monoisotopic (exact) mass is 474 g/mol. The van der Waals surface area contributed by atoms with Crippen LogP contribution in [0.4, 0.5) is 0 Å². The van der Waals surface area contributed by atoms with Gasteiger partial charge in [-0.25, -0.2) is 4.79 Å². The number of fused-ring (bicyclic) bond motifs is 1. The van der Waals surface area contributed by atoms with Crippen molar-refractivity contribution in [3.8, 4) is 11.4 Å². The Morgan fingerprint density at radius 1 is 1.26 bits per heavy atom. The predicted octanol–water partition coefficient (Wildman–Crippen LogP) is 3.23. The van der Waals surface area contributed by atoms with E-state index in [2.05, 4.69) is 4.98 Å². The number of rotatable bonds is 7. The van der Waals surface area contributed by atoms with Gasteiger partial charge >= 0.3 is 5.69 Å². The van der Waals surface area contributed by atoms with Crippen LogP contribution in [0.15, 0.2) is 34.1 Å². The van der Waals surface area contributed by atoms with E-state index in [1.807, 2.05) is 43.8 Å². The van der Waals surface area contributed by atoms with Crippen LogP contribution in [0.3, 0.4) is 0 Å². The molecule has 0 aromatic carbocycles. The number of aryl methyl sites for hydroxylation is 2. The van der Waals surface area contributed by atoms with Crippen molar-refractivity contribution in [2.24, 2.45) is 20.0 Å². The molecule has 0 atom stereocenters. The molecule has 0 aliphatic heterocycles. The first-order valence-corrected chi connectivity index (χ1v) is 11.9. The van der Waals surface area contributed by atoms with Crippen LogP contribution in [-0.4, -0.2) is 34.2 Å². The van der Waals surface area contributed by atoms with E-state index < -0.39 is 0 Å². The lowest BCUT2D eigenvalue weighted by Gasteiger charge is -2.10. The van der Waals surface area contributed by atoms with Gasteiger partial charge in [-0.05, 0) is 56.7 Å². The standard InChI is InChI=1S/C26H30N6O3/c1-6-7-20-15(2)27-11-19(20)14-32-23(21-10-18(16(3)33)13-29(21)4)22-24(28-32)31(12-17-8-9-17)26(35)30(5)25(22)34/h6-7,10-11,13,17,27H,8-9,12,14H2,1-5H3/b7-6-. The van der Waals surface area contributed by atoms with E-state index in [-0.39, 0.29) is 17.0 Å². The molecule has 4 aromatic heterocycles. The van der Waals surface area contributed by atoms with E-state index in [1.165, 1.54) is 18.5 Å². The number of aromatic amines is 1. The number of carbonyl (C=O) groups excluding carboxylic acids is 1. The molecule has 0 amide bonds. The van der Waals surface area contributed by atoms with Gasteiger partial charge in [0.2, 0.25) is 0 Å². The number of nitrogens with zero attached hydrogens (tertiary/aromatic N) is 5. The van der Waals surface area contributed by atoms with E-state index in [1.54, 1.807) is 21.5 Å². The topological polar surface area (TPSA) is 99.6 Å². The van der Waals surface area contributed by atoms with E-state index in [0.29, 0.717) is 47.0 Å². The number of H-pyrrole nitrogens is 1. The molecule has 0 unspecified atom stereocenters. The van der Waals surface area contributed by atoms with Gasteiger partial charge in [0.05, 0.1) is 12.2 Å². The van der Waals surface area contributed by atoms with Gasteiger partial charge in [0, 0.05) is 44.3 Å². The molecule has 0 spiro atoms. The summed E-state index contributed by atoms with van der Waals surface area (Å²) in [6, 6.07) is 1.79. The van der Waals surface area contributed by atoms with Crippen molar-refractivity contribution in [3.05, 3.63) is 67.8 Å². The van der Waals surface area contributed by atoms with Crippen LogP contribution in [0.5, 0.6) is 0 Å². The molecule has 9 nitrogen and oxygen atoms in total. The van der Waals surface area contributed by atoms with Crippen LogP contribution in [0.1, 0.15) is 53.9 Å². The second kappa shape index (κ2) is 8.41. The largest absolute Gasteiger partial charge is 0.364 e. The molecule has 0 bridgehead atoms. The highest BCUT2D eigenvalue weighted by Crippen LogP contribution is 2.33. The fraction of sp³-hybridized carbons (Fsp3) is 0.385. The Morgan fingerprint density at radius 2 is 2.00 bits per heavy atom. The predicted molar refractivity (Wildman–Crippen MR) is 136 cm³/mol. The first-order valence-electron chi connectivity index (χ1n) is 11.9. The summed E-state index contributed by atoms with van der Waals surface area (Å²) in [6.07, 6.45) is 9.88. The van der Waals surface area contributed by atoms with Crippen molar-refractivity contribution >= 4 is 22.9 Å². The Kier molecular flexibility index (Phi) is 5.50. The van der Waals surface area contributed by atoms with Gasteiger partial charge in [-0.15, -0.1) is 0 Å². The fourth-order valence-electron chi connectivity index (χ4n) is 4.73. The number of Topliss-reactive ketones (excluding diaryl/α,β-unsaturated/α-hetero) is 1. The lowest BCUT2D eigenvalue weighted by Crippen LogP contribution is -2.38. The lowest BCUT2D eigenvalue weighted by molar-refractivity contribution is 0.101. The minimum atomic E-state index is -0.386. The van der Waals surface area contributed by atoms with Crippen molar-refractivity contribution in [1.82, 2.24) is 28.5 Å². The van der Waals surface area contributed by atoms with Crippen molar-refractivity contribution < 1.29 is 4.79 Å². The molecule has 0 radical (unpaired) electrons. The van der Waals surface area contributed by atoms with E-state index in [9.17, 15) is 14.4 Å². The Balaban J connectivity index is 1.83. The highest BCUT2D eigenvalue weighted by molar-refractivity contribution is 5.97. The van der Waals surface area contributed by atoms with Gasteiger partial charge < -0.3 is 9.55 Å². The summed E-state index contributed by atoms with van der Waals surface area (Å²) >= 11 is 0. The zero-order valence-corrected chi connectivity index (χ0v) is 20.8. The SMILES string of the molecule is C/C=C\c1c(Cn2nc3c(c2-c2cc(C(C)=O)cn2C)c(=O)n(C)c(=O)n3CC2CC2)c[nH]c1C. The van der Waals surface area contributed by atoms with Gasteiger partial charge in [0.1, 0.15) is 11.1 Å². The van der Waals surface area contributed by atoms with Gasteiger partial charge in [-0.1, -0.05) is 12.2 Å². The minimum absolute atomic E-state index is 0.0580. The second-order valence-corrected chi connectivity index (χ2v) is 9.54. The van der Waals surface area contributed by atoms with Crippen molar-refractivity contribution in [1.29, 1.82) is 0 Å². The molecule has 35 heavy (non-hydrogen) atoms. The van der Waals surface area contributed by atoms with Crippen molar-refractivity contribution in [2.75, 3.05) is 0 Å². The van der Waals surface area contributed by atoms with E-state index in [0.717, 1.165) is 29.7 Å². The number of hydrogen-bond acceptors (Lipinski definition) is 4. The Bertz CT molecular complexity index is 1620. The third-order valence-corrected chi connectivity index (χ3v) is 6.88. The maximum absolute atomic E-state index is 13.5. The zero-order chi connectivity index (χ0) is 25.0. The number of carbonyl (C=O) groups is 1. The first-order chi connectivity index (χ1) is 16.7. The summed E-state index contributed by atoms with van der Waals surface area (Å²) in [5.74, 6) is 0.368. The molecule has 1 N–H and O–H groups in total. The van der Waals surface area contributed by atoms with Crippen LogP contribution in [0, 0.1) is 12.8 Å². The van der Waals surface area contributed by atoms with Crippen molar-refractivity contribution in [2.45, 2.75) is 46.7 Å². The van der Waals surface area contributed by atoms with Gasteiger partial charge in [-0.2, -0.15) is 5.10 Å². The second-order valence-electron chi connectivity index (χ2n) is 9.54. The van der Waals surface area contributed by atoms with Crippen LogP contribution >= 0.6 is 0 Å². The normalized spacial score (nSPS) is 14.0. The highest BCUT2D eigenvalue weighted by atomic mass is 16.2. The van der Waals surface area contributed by atoms with Gasteiger partial charge in [0.15, 0.2) is 11.4 Å². The van der Waals surface area contributed by atoms with Crippen LogP contribution in [-0.2, 0) is 27.2 Å². The van der Waals surface area contributed by atoms with E-state index in [4.69, 9.17) is 5.10 Å². The van der Waals surface area contributed by atoms with Crippen molar-refractivity contribution in [3.63, 3.8) is 0 Å². The molecule has 182 valence electrons. The maximum Gasteiger partial charge on any atom is 0.332 e. The smallest absolute Gasteiger partial charge is 0.332 e. The summed E-state index contributed by atoms with van der Waals surface area (Å²) in [6.45, 7) is 6.44. The Hall–Kier alpha value is -3.88. The molecule has 1 aliphatic carbocycles. The van der Waals surface area contributed by atoms with E-state index >= 15 is 0 Å². The molecule has 1 aliphatic rings. The number of ketones is 1. The molecular formula is C26H30N6O3. The fourth-order valence-corrected chi connectivity index (χ4v) is 4.73. The molecule has 5 rings (SSSR count). The first kappa shape index (κ1) is 22.9. The summed E-state index contributed by atoms with van der Waals surface area (Å²) in [7, 11) is 3.36. The molecule has 1 fully saturated rings. The molecule has 4 aromatic rings. The molecule has 1 saturated carbocycles. The number of nitrogens with one attached hydrogen (secondary N) is 1. The summed E-state index contributed by atoms with van der Waals surface area (Å²) in [5.41, 5.74) is 4.63. The number of hydrogen-bond donors (Lipinski definition) is 1. The average molecular weight is 475 g/mol. The molecule has 9 heteroatoms. The highest BCUT2D eigenvalue weighted by Gasteiger charge is 2.28. The maximum atomic E-state index is 13.5. The van der Waals surface area contributed by atoms with Gasteiger partial charge in [0.25, 0.3) is 5.56 Å². The van der Waals surface area contributed by atoms with Crippen LogP contribution in [0.2, 0.25) is 0 Å². The minimum Gasteiger partial charge on any atom is -0.364 e. The number of aromatic nitrogens is 6. The van der Waals surface area contributed by atoms with Crippen LogP contribution < -0.4 is 11.2 Å². The lowest BCUT2D eigenvalue weighted by atomic mass is 10.1. The van der Waals surface area contributed by atoms with Gasteiger partial charge in [-0.3, -0.25) is 23.4 Å². The molecule has 4 heterocycles. The Labute approximate surface area is 202 Å². The third-order valence-electron chi connectivity index (χ3n) is 6.88. The Morgan fingerprint density at radius 3 is 2.63 bits per heavy atom. The molecule has 0 saturated heterocycles.